The summed E-state index contributed by atoms with van der Waals surface area (Å²) in [5.74, 6) is -0.984. The van der Waals surface area contributed by atoms with E-state index in [2.05, 4.69) is 16.0 Å². The van der Waals surface area contributed by atoms with Gasteiger partial charge in [0.2, 0.25) is 11.8 Å². The van der Waals surface area contributed by atoms with Crippen molar-refractivity contribution in [3.63, 3.8) is 0 Å². The van der Waals surface area contributed by atoms with Gasteiger partial charge in [-0.15, -0.1) is 0 Å². The number of methoxy groups -OCH3 is 1. The maximum absolute atomic E-state index is 13.1. The SMILES string of the molecule is COCCNC(=O)NC(=O)CN1Cc2ccccc2CC1C(=O)NCCc1ccc(F)cc1. The molecule has 0 spiro atoms. The van der Waals surface area contributed by atoms with E-state index in [1.165, 1.54) is 19.2 Å². The van der Waals surface area contributed by atoms with Crippen molar-refractivity contribution in [3.05, 3.63) is 71.0 Å². The number of benzene rings is 2. The van der Waals surface area contributed by atoms with Crippen molar-refractivity contribution in [3.8, 4) is 0 Å². The molecule has 33 heavy (non-hydrogen) atoms. The van der Waals surface area contributed by atoms with E-state index in [1.54, 1.807) is 17.0 Å². The number of hydrogen-bond acceptors (Lipinski definition) is 5. The predicted octanol–water partition coefficient (Wildman–Crippen LogP) is 1.38. The van der Waals surface area contributed by atoms with E-state index in [9.17, 15) is 18.8 Å². The summed E-state index contributed by atoms with van der Waals surface area (Å²) in [5.41, 5.74) is 3.02. The predicted molar refractivity (Wildman–Crippen MR) is 121 cm³/mol. The second-order valence-corrected chi connectivity index (χ2v) is 7.86. The van der Waals surface area contributed by atoms with Crippen molar-refractivity contribution in [2.75, 3.05) is 33.4 Å². The first kappa shape index (κ1) is 24.3. The van der Waals surface area contributed by atoms with Crippen molar-refractivity contribution in [1.29, 1.82) is 0 Å². The van der Waals surface area contributed by atoms with Crippen LogP contribution >= 0.6 is 0 Å². The Morgan fingerprint density at radius 1 is 1.03 bits per heavy atom. The number of fused-ring (bicyclic) bond motifs is 1. The minimum absolute atomic E-state index is 0.0952. The lowest BCUT2D eigenvalue weighted by atomic mass is 9.93. The van der Waals surface area contributed by atoms with Gasteiger partial charge in [0.25, 0.3) is 0 Å². The number of carbonyl (C=O) groups excluding carboxylic acids is 3. The van der Waals surface area contributed by atoms with Crippen molar-refractivity contribution in [2.24, 2.45) is 0 Å². The Hall–Kier alpha value is -3.30. The van der Waals surface area contributed by atoms with E-state index in [0.29, 0.717) is 32.5 Å². The standard InChI is InChI=1S/C24H29FN4O4/c1-33-13-12-27-24(32)28-22(30)16-29-15-19-5-3-2-4-18(19)14-21(29)23(31)26-11-10-17-6-8-20(25)9-7-17/h2-9,21H,10-16H2,1H3,(H,26,31)(H2,27,28,30,32). The van der Waals surface area contributed by atoms with Gasteiger partial charge in [-0.25, -0.2) is 9.18 Å². The highest BCUT2D eigenvalue weighted by atomic mass is 19.1. The zero-order chi connectivity index (χ0) is 23.6. The van der Waals surface area contributed by atoms with Gasteiger partial charge in [-0.05, 0) is 41.7 Å². The van der Waals surface area contributed by atoms with Crippen LogP contribution in [0.5, 0.6) is 0 Å². The van der Waals surface area contributed by atoms with Gasteiger partial charge < -0.3 is 15.4 Å². The highest BCUT2D eigenvalue weighted by molar-refractivity contribution is 5.95. The maximum Gasteiger partial charge on any atom is 0.321 e. The monoisotopic (exact) mass is 456 g/mol. The number of hydrogen-bond donors (Lipinski definition) is 3. The maximum atomic E-state index is 13.1. The van der Waals surface area contributed by atoms with Crippen LogP contribution in [0.15, 0.2) is 48.5 Å². The number of urea groups is 1. The van der Waals surface area contributed by atoms with Gasteiger partial charge in [-0.2, -0.15) is 0 Å². The molecule has 0 aromatic heterocycles. The highest BCUT2D eigenvalue weighted by Crippen LogP contribution is 2.23. The summed E-state index contributed by atoms with van der Waals surface area (Å²) >= 11 is 0. The van der Waals surface area contributed by atoms with Gasteiger partial charge in [0.05, 0.1) is 19.2 Å². The Labute approximate surface area is 192 Å². The van der Waals surface area contributed by atoms with Gasteiger partial charge >= 0.3 is 6.03 Å². The molecule has 0 radical (unpaired) electrons. The molecular weight excluding hydrogens is 427 g/mol. The first-order valence-electron chi connectivity index (χ1n) is 10.9. The smallest absolute Gasteiger partial charge is 0.321 e. The quantitative estimate of drug-likeness (QED) is 0.495. The fraction of sp³-hybridized carbons (Fsp3) is 0.375. The van der Waals surface area contributed by atoms with E-state index in [0.717, 1.165) is 16.7 Å². The minimum Gasteiger partial charge on any atom is -0.383 e. The van der Waals surface area contributed by atoms with E-state index in [-0.39, 0.29) is 24.8 Å². The highest BCUT2D eigenvalue weighted by Gasteiger charge is 2.32. The summed E-state index contributed by atoms with van der Waals surface area (Å²) in [6.45, 7) is 1.34. The summed E-state index contributed by atoms with van der Waals surface area (Å²) in [6, 6.07) is 12.8. The van der Waals surface area contributed by atoms with E-state index >= 15 is 0 Å². The van der Waals surface area contributed by atoms with Gasteiger partial charge in [0, 0.05) is 26.7 Å². The number of halogens is 1. The van der Waals surface area contributed by atoms with Gasteiger partial charge in [-0.1, -0.05) is 36.4 Å². The first-order chi connectivity index (χ1) is 16.0. The molecule has 0 aliphatic carbocycles. The number of carbonyl (C=O) groups is 3. The number of ether oxygens (including phenoxy) is 1. The number of nitrogens with one attached hydrogen (secondary N) is 3. The zero-order valence-corrected chi connectivity index (χ0v) is 18.6. The molecule has 0 bridgehead atoms. The van der Waals surface area contributed by atoms with Crippen LogP contribution in [-0.2, 0) is 33.7 Å². The van der Waals surface area contributed by atoms with Crippen LogP contribution in [-0.4, -0.2) is 62.1 Å². The lowest BCUT2D eigenvalue weighted by Crippen LogP contribution is -2.54. The largest absolute Gasteiger partial charge is 0.383 e. The summed E-state index contributed by atoms with van der Waals surface area (Å²) in [4.78, 5) is 39.1. The fourth-order valence-electron chi connectivity index (χ4n) is 3.76. The molecule has 8 nitrogen and oxygen atoms in total. The average Bonchev–Trinajstić information content (AvgIpc) is 2.80. The molecule has 0 fully saturated rings. The molecule has 1 aliphatic heterocycles. The van der Waals surface area contributed by atoms with Crippen LogP contribution in [0, 0.1) is 5.82 Å². The summed E-state index contributed by atoms with van der Waals surface area (Å²) < 4.78 is 17.9. The third kappa shape index (κ3) is 7.37. The van der Waals surface area contributed by atoms with E-state index in [1.807, 2.05) is 24.3 Å². The minimum atomic E-state index is -0.602. The molecule has 0 saturated carbocycles. The summed E-state index contributed by atoms with van der Waals surface area (Å²) in [7, 11) is 1.52. The molecule has 2 aromatic rings. The van der Waals surface area contributed by atoms with Crippen LogP contribution in [0.3, 0.4) is 0 Å². The number of imide groups is 1. The van der Waals surface area contributed by atoms with Crippen LogP contribution in [0.2, 0.25) is 0 Å². The van der Waals surface area contributed by atoms with Crippen LogP contribution < -0.4 is 16.0 Å². The van der Waals surface area contributed by atoms with E-state index < -0.39 is 18.0 Å². The molecule has 1 unspecified atom stereocenters. The normalized spacial score (nSPS) is 15.4. The molecule has 2 aromatic carbocycles. The third-order valence-corrected chi connectivity index (χ3v) is 5.47. The first-order valence-corrected chi connectivity index (χ1v) is 10.9. The average molecular weight is 457 g/mol. The zero-order valence-electron chi connectivity index (χ0n) is 18.6. The lowest BCUT2D eigenvalue weighted by molar-refractivity contribution is -0.129. The Kier molecular flexibility index (Phi) is 8.91. The van der Waals surface area contributed by atoms with Crippen LogP contribution in [0.4, 0.5) is 9.18 Å². The lowest BCUT2D eigenvalue weighted by Gasteiger charge is -2.35. The summed E-state index contributed by atoms with van der Waals surface area (Å²) in [5, 5.41) is 7.75. The molecular formula is C24H29FN4O4. The molecule has 3 rings (SSSR count). The third-order valence-electron chi connectivity index (χ3n) is 5.47. The van der Waals surface area contributed by atoms with Crippen LogP contribution in [0.25, 0.3) is 0 Å². The Morgan fingerprint density at radius 2 is 1.76 bits per heavy atom. The molecule has 4 amide bonds. The molecule has 1 atom stereocenters. The van der Waals surface area contributed by atoms with E-state index in [4.69, 9.17) is 4.74 Å². The fourth-order valence-corrected chi connectivity index (χ4v) is 3.76. The van der Waals surface area contributed by atoms with Crippen molar-refractivity contribution in [2.45, 2.75) is 25.4 Å². The second-order valence-electron chi connectivity index (χ2n) is 7.86. The molecule has 9 heteroatoms. The summed E-state index contributed by atoms with van der Waals surface area (Å²) in [6.07, 6.45) is 1.03. The van der Waals surface area contributed by atoms with Gasteiger partial charge in [0.15, 0.2) is 0 Å². The van der Waals surface area contributed by atoms with Gasteiger partial charge in [-0.3, -0.25) is 19.8 Å². The Balaban J connectivity index is 1.60. The molecule has 1 heterocycles. The molecule has 3 N–H and O–H groups in total. The molecule has 0 saturated heterocycles. The topological polar surface area (TPSA) is 99.8 Å². The molecule has 1 aliphatic rings. The van der Waals surface area contributed by atoms with Crippen molar-refractivity contribution < 1.29 is 23.5 Å². The second kappa shape index (κ2) is 12.1. The number of nitrogens with zero attached hydrogens (tertiary/aromatic N) is 1. The number of rotatable bonds is 9. The van der Waals surface area contributed by atoms with Crippen LogP contribution in [0.1, 0.15) is 16.7 Å². The molecule has 176 valence electrons. The Morgan fingerprint density at radius 3 is 2.48 bits per heavy atom. The van der Waals surface area contributed by atoms with Crippen molar-refractivity contribution >= 4 is 17.8 Å². The van der Waals surface area contributed by atoms with Crippen molar-refractivity contribution in [1.82, 2.24) is 20.9 Å². The van der Waals surface area contributed by atoms with Gasteiger partial charge in [0.1, 0.15) is 5.82 Å². The number of amides is 4. The Bertz CT molecular complexity index is 967.